The average Bonchev–Trinajstić information content (AvgIpc) is 3.30. The SMILES string of the molecule is COc1cc(-c2cc(=O)n3cc([C@@H]4CCNC[C@H]4F)sc3n2)nn2cc(C)nc12. The summed E-state index contributed by atoms with van der Waals surface area (Å²) in [5.74, 6) is 0.334. The van der Waals surface area contributed by atoms with Crippen molar-refractivity contribution in [1.82, 2.24) is 29.3 Å². The molecule has 0 bridgehead atoms. The van der Waals surface area contributed by atoms with Crippen molar-refractivity contribution in [1.29, 1.82) is 0 Å². The Morgan fingerprint density at radius 3 is 2.93 bits per heavy atom. The third kappa shape index (κ3) is 3.08. The Bertz CT molecular complexity index is 1280. The molecule has 0 unspecified atom stereocenters. The Labute approximate surface area is 169 Å². The lowest BCUT2D eigenvalue weighted by Crippen LogP contribution is -2.36. The van der Waals surface area contributed by atoms with E-state index in [4.69, 9.17) is 4.74 Å². The number of hydrogen-bond donors (Lipinski definition) is 1. The van der Waals surface area contributed by atoms with Crippen molar-refractivity contribution in [3.63, 3.8) is 0 Å². The highest BCUT2D eigenvalue weighted by molar-refractivity contribution is 7.17. The van der Waals surface area contributed by atoms with Crippen LogP contribution in [0.15, 0.2) is 29.3 Å². The number of imidazole rings is 1. The maximum atomic E-state index is 14.3. The number of aromatic nitrogens is 5. The zero-order valence-electron chi connectivity index (χ0n) is 15.9. The van der Waals surface area contributed by atoms with Crippen LogP contribution in [0.5, 0.6) is 5.75 Å². The molecule has 2 atom stereocenters. The molecule has 1 aliphatic rings. The summed E-state index contributed by atoms with van der Waals surface area (Å²) in [5.41, 5.74) is 2.13. The number of thiazole rings is 1. The molecule has 1 fully saturated rings. The standard InChI is InChI=1S/C19H19FN6O2S/c1-10-8-26-18(22-10)15(28-2)5-14(24-26)13-6-17(27)25-9-16(29-19(25)23-13)11-3-4-21-7-12(11)20/h5-6,8-9,11-12,21H,3-4,7H2,1-2H3/t11-,12-/m1/s1. The van der Waals surface area contributed by atoms with Gasteiger partial charge in [-0.2, -0.15) is 5.10 Å². The second kappa shape index (κ2) is 6.89. The molecule has 0 radical (unpaired) electrons. The van der Waals surface area contributed by atoms with Gasteiger partial charge in [0.1, 0.15) is 11.9 Å². The Kier molecular flexibility index (Phi) is 4.32. The van der Waals surface area contributed by atoms with Gasteiger partial charge in [0, 0.05) is 35.7 Å². The predicted molar refractivity (Wildman–Crippen MR) is 108 cm³/mol. The van der Waals surface area contributed by atoms with Crippen molar-refractivity contribution in [2.75, 3.05) is 20.2 Å². The largest absolute Gasteiger partial charge is 0.493 e. The molecule has 29 heavy (non-hydrogen) atoms. The molecular weight excluding hydrogens is 395 g/mol. The van der Waals surface area contributed by atoms with E-state index >= 15 is 0 Å². The Morgan fingerprint density at radius 1 is 1.28 bits per heavy atom. The zero-order chi connectivity index (χ0) is 20.1. The monoisotopic (exact) mass is 414 g/mol. The first kappa shape index (κ1) is 18.2. The van der Waals surface area contributed by atoms with Crippen LogP contribution in [0.3, 0.4) is 0 Å². The van der Waals surface area contributed by atoms with Crippen LogP contribution in [0.25, 0.3) is 22.0 Å². The molecular formula is C19H19FN6O2S. The van der Waals surface area contributed by atoms with Crippen molar-refractivity contribution < 1.29 is 9.13 Å². The molecule has 0 amide bonds. The number of nitrogens with one attached hydrogen (secondary N) is 1. The van der Waals surface area contributed by atoms with E-state index in [1.165, 1.54) is 21.8 Å². The minimum absolute atomic E-state index is 0.214. The summed E-state index contributed by atoms with van der Waals surface area (Å²) < 4.78 is 22.9. The number of methoxy groups -OCH3 is 1. The highest BCUT2D eigenvalue weighted by atomic mass is 32.1. The van der Waals surface area contributed by atoms with E-state index < -0.39 is 6.17 Å². The summed E-state index contributed by atoms with van der Waals surface area (Å²) in [6.45, 7) is 2.97. The fourth-order valence-electron chi connectivity index (χ4n) is 3.70. The molecule has 1 aliphatic heterocycles. The first-order chi connectivity index (χ1) is 14.0. The van der Waals surface area contributed by atoms with Gasteiger partial charge < -0.3 is 10.1 Å². The summed E-state index contributed by atoms with van der Waals surface area (Å²) in [6, 6.07) is 3.16. The van der Waals surface area contributed by atoms with Gasteiger partial charge in [0.25, 0.3) is 5.56 Å². The lowest BCUT2D eigenvalue weighted by molar-refractivity contribution is 0.233. The van der Waals surface area contributed by atoms with Gasteiger partial charge in [-0.3, -0.25) is 9.20 Å². The molecule has 8 nitrogen and oxygen atoms in total. The summed E-state index contributed by atoms with van der Waals surface area (Å²) in [4.78, 5) is 23.1. The van der Waals surface area contributed by atoms with Gasteiger partial charge in [-0.05, 0) is 19.9 Å². The molecule has 0 spiro atoms. The molecule has 1 N–H and O–H groups in total. The Balaban J connectivity index is 1.63. The van der Waals surface area contributed by atoms with Gasteiger partial charge in [-0.1, -0.05) is 0 Å². The fourth-order valence-corrected chi connectivity index (χ4v) is 4.87. The Morgan fingerprint density at radius 2 is 2.14 bits per heavy atom. The normalized spacial score (nSPS) is 19.8. The summed E-state index contributed by atoms with van der Waals surface area (Å²) in [5, 5.41) is 7.59. The quantitative estimate of drug-likeness (QED) is 0.553. The molecule has 4 aromatic rings. The first-order valence-corrected chi connectivity index (χ1v) is 10.1. The van der Waals surface area contributed by atoms with E-state index in [-0.39, 0.29) is 11.5 Å². The van der Waals surface area contributed by atoms with Crippen molar-refractivity contribution in [2.45, 2.75) is 25.4 Å². The van der Waals surface area contributed by atoms with Crippen LogP contribution in [0, 0.1) is 6.92 Å². The Hall–Kier alpha value is -2.85. The molecule has 10 heteroatoms. The summed E-state index contributed by atoms with van der Waals surface area (Å²) in [7, 11) is 1.56. The maximum absolute atomic E-state index is 14.3. The number of halogens is 1. The van der Waals surface area contributed by atoms with E-state index in [9.17, 15) is 9.18 Å². The molecule has 5 heterocycles. The van der Waals surface area contributed by atoms with E-state index in [0.29, 0.717) is 40.7 Å². The number of nitrogens with zero attached hydrogens (tertiary/aromatic N) is 5. The second-order valence-electron chi connectivity index (χ2n) is 7.13. The van der Waals surface area contributed by atoms with Crippen molar-refractivity contribution in [2.24, 2.45) is 0 Å². The smallest absolute Gasteiger partial charge is 0.259 e. The average molecular weight is 414 g/mol. The van der Waals surface area contributed by atoms with Gasteiger partial charge >= 0.3 is 0 Å². The van der Waals surface area contributed by atoms with Gasteiger partial charge in [0.2, 0.25) is 0 Å². The van der Waals surface area contributed by atoms with Crippen LogP contribution in [0.1, 0.15) is 22.9 Å². The van der Waals surface area contributed by atoms with E-state index in [1.807, 2.05) is 6.92 Å². The van der Waals surface area contributed by atoms with Gasteiger partial charge in [0.05, 0.1) is 24.7 Å². The van der Waals surface area contributed by atoms with E-state index in [1.54, 1.807) is 30.1 Å². The first-order valence-electron chi connectivity index (χ1n) is 9.33. The number of fused-ring (bicyclic) bond motifs is 2. The minimum atomic E-state index is -0.968. The maximum Gasteiger partial charge on any atom is 0.259 e. The molecule has 0 aliphatic carbocycles. The third-order valence-corrected chi connectivity index (χ3v) is 6.27. The molecule has 1 saturated heterocycles. The van der Waals surface area contributed by atoms with Gasteiger partial charge in [-0.15, -0.1) is 11.3 Å². The number of ether oxygens (including phenoxy) is 1. The van der Waals surface area contributed by atoms with Crippen LogP contribution in [-0.4, -0.2) is 50.4 Å². The summed E-state index contributed by atoms with van der Waals surface area (Å²) >= 11 is 1.35. The molecule has 150 valence electrons. The fraction of sp³-hybridized carbons (Fsp3) is 0.368. The van der Waals surface area contributed by atoms with E-state index in [0.717, 1.165) is 17.1 Å². The lowest BCUT2D eigenvalue weighted by atomic mass is 9.95. The van der Waals surface area contributed by atoms with Gasteiger partial charge in [0.15, 0.2) is 16.4 Å². The number of hydrogen-bond acceptors (Lipinski definition) is 7. The van der Waals surface area contributed by atoms with Crippen molar-refractivity contribution >= 4 is 21.9 Å². The zero-order valence-corrected chi connectivity index (χ0v) is 16.7. The number of aryl methyl sites for hydroxylation is 1. The van der Waals surface area contributed by atoms with Crippen LogP contribution < -0.4 is 15.6 Å². The van der Waals surface area contributed by atoms with Crippen LogP contribution in [-0.2, 0) is 0 Å². The topological polar surface area (TPSA) is 85.8 Å². The number of alkyl halides is 1. The van der Waals surface area contributed by atoms with Crippen molar-refractivity contribution in [3.8, 4) is 17.1 Å². The molecule has 0 aromatic carbocycles. The minimum Gasteiger partial charge on any atom is -0.493 e. The second-order valence-corrected chi connectivity index (χ2v) is 8.17. The molecule has 4 aromatic heterocycles. The highest BCUT2D eigenvalue weighted by Crippen LogP contribution is 2.33. The predicted octanol–water partition coefficient (Wildman–Crippen LogP) is 2.20. The number of rotatable bonds is 3. The third-order valence-electron chi connectivity index (χ3n) is 5.15. The van der Waals surface area contributed by atoms with Crippen LogP contribution >= 0.6 is 11.3 Å². The van der Waals surface area contributed by atoms with Crippen LogP contribution in [0.4, 0.5) is 4.39 Å². The highest BCUT2D eigenvalue weighted by Gasteiger charge is 2.28. The number of piperidine rings is 1. The molecule has 5 rings (SSSR count). The van der Waals surface area contributed by atoms with Gasteiger partial charge in [-0.25, -0.2) is 18.9 Å². The summed E-state index contributed by atoms with van der Waals surface area (Å²) in [6.07, 6.45) is 3.24. The van der Waals surface area contributed by atoms with E-state index in [2.05, 4.69) is 20.4 Å². The lowest BCUT2D eigenvalue weighted by Gasteiger charge is -2.25. The van der Waals surface area contributed by atoms with Crippen molar-refractivity contribution in [3.05, 3.63) is 45.5 Å². The van der Waals surface area contributed by atoms with Crippen LogP contribution in [0.2, 0.25) is 0 Å². The molecule has 0 saturated carbocycles.